The van der Waals surface area contributed by atoms with E-state index in [2.05, 4.69) is 23.8 Å². The second-order valence-electron chi connectivity index (χ2n) is 4.74. The summed E-state index contributed by atoms with van der Waals surface area (Å²) in [6.45, 7) is 2.69. The minimum Gasteiger partial charge on any atom is -0.468 e. The molecule has 0 saturated heterocycles. The first-order chi connectivity index (χ1) is 9.13. The van der Waals surface area contributed by atoms with Crippen molar-refractivity contribution < 1.29 is 19.1 Å². The average molecular weight is 286 g/mol. The van der Waals surface area contributed by atoms with Gasteiger partial charge in [-0.1, -0.05) is 19.1 Å². The molecule has 0 N–H and O–H groups in total. The van der Waals surface area contributed by atoms with E-state index in [9.17, 15) is 9.59 Å². The van der Waals surface area contributed by atoms with Crippen molar-refractivity contribution in [2.24, 2.45) is 11.8 Å². The Morgan fingerprint density at radius 2 is 2.00 bits per heavy atom. The number of allylic oxidation sites excluding steroid dienone is 2. The smallest absolute Gasteiger partial charge is 0.315 e. The molecule has 0 aromatic heterocycles. The fourth-order valence-corrected chi connectivity index (χ4v) is 2.62. The molecular weight excluding hydrogens is 264 g/mol. The van der Waals surface area contributed by atoms with Gasteiger partial charge in [0.05, 0.1) is 25.9 Å². The van der Waals surface area contributed by atoms with Gasteiger partial charge in [-0.25, -0.2) is 0 Å². The molecule has 0 amide bonds. The Morgan fingerprint density at radius 3 is 2.68 bits per heavy atom. The van der Waals surface area contributed by atoms with Gasteiger partial charge >= 0.3 is 11.9 Å². The Morgan fingerprint density at radius 1 is 1.26 bits per heavy atom. The molecule has 0 spiro atoms. The monoisotopic (exact) mass is 286 g/mol. The fraction of sp³-hybridized carbons (Fsp3) is 0.714. The Balaban J connectivity index is 2.07. The number of esters is 2. The van der Waals surface area contributed by atoms with Gasteiger partial charge in [0, 0.05) is 5.75 Å². The molecule has 0 bridgehead atoms. The van der Waals surface area contributed by atoms with Gasteiger partial charge in [0.15, 0.2) is 0 Å². The molecule has 4 nitrogen and oxygen atoms in total. The van der Waals surface area contributed by atoms with E-state index in [0.29, 0.717) is 30.6 Å². The van der Waals surface area contributed by atoms with Gasteiger partial charge in [0.25, 0.3) is 0 Å². The number of ether oxygens (including phenoxy) is 2. The third-order valence-electron chi connectivity index (χ3n) is 3.27. The zero-order valence-corrected chi connectivity index (χ0v) is 12.4. The molecular formula is C14H22O4S. The van der Waals surface area contributed by atoms with Crippen molar-refractivity contribution in [1.29, 1.82) is 0 Å². The molecule has 5 heteroatoms. The fourth-order valence-electron chi connectivity index (χ4n) is 1.88. The molecule has 0 radical (unpaired) electrons. The van der Waals surface area contributed by atoms with Crippen LogP contribution in [0, 0.1) is 11.8 Å². The largest absolute Gasteiger partial charge is 0.468 e. The number of carbonyl (C=O) groups excluding carboxylic acids is 2. The molecule has 0 aliphatic heterocycles. The highest BCUT2D eigenvalue weighted by Gasteiger charge is 2.19. The third-order valence-corrected chi connectivity index (χ3v) is 4.21. The third kappa shape index (κ3) is 6.66. The van der Waals surface area contributed by atoms with Gasteiger partial charge in [-0.15, -0.1) is 11.8 Å². The molecule has 2 unspecified atom stereocenters. The number of carbonyl (C=O) groups is 2. The highest BCUT2D eigenvalue weighted by atomic mass is 32.2. The zero-order valence-electron chi connectivity index (χ0n) is 11.6. The lowest BCUT2D eigenvalue weighted by Crippen LogP contribution is -2.21. The van der Waals surface area contributed by atoms with E-state index in [-0.39, 0.29) is 17.7 Å². The van der Waals surface area contributed by atoms with Crippen LogP contribution in [0.25, 0.3) is 0 Å². The van der Waals surface area contributed by atoms with Crippen LogP contribution in [0.3, 0.4) is 0 Å². The molecule has 1 aliphatic rings. The van der Waals surface area contributed by atoms with Gasteiger partial charge in [0.2, 0.25) is 0 Å². The summed E-state index contributed by atoms with van der Waals surface area (Å²) >= 11 is 1.39. The van der Waals surface area contributed by atoms with Crippen molar-refractivity contribution in [2.45, 2.75) is 26.2 Å². The maximum Gasteiger partial charge on any atom is 0.315 e. The van der Waals surface area contributed by atoms with Crippen LogP contribution in [0.5, 0.6) is 0 Å². The second-order valence-corrected chi connectivity index (χ2v) is 5.85. The molecule has 1 rings (SSSR count). The summed E-state index contributed by atoms with van der Waals surface area (Å²) in [5, 5.41) is 0. The van der Waals surface area contributed by atoms with E-state index >= 15 is 0 Å². The van der Waals surface area contributed by atoms with Crippen LogP contribution in [0.4, 0.5) is 0 Å². The molecule has 0 saturated carbocycles. The minimum atomic E-state index is -0.263. The topological polar surface area (TPSA) is 52.6 Å². The van der Waals surface area contributed by atoms with Crippen LogP contribution in [-0.2, 0) is 19.1 Å². The summed E-state index contributed by atoms with van der Waals surface area (Å²) in [5.41, 5.74) is 0. The molecule has 2 atom stereocenters. The summed E-state index contributed by atoms with van der Waals surface area (Å²) in [5.74, 6) is 1.45. The van der Waals surface area contributed by atoms with E-state index in [4.69, 9.17) is 4.74 Å². The van der Waals surface area contributed by atoms with E-state index in [1.165, 1.54) is 18.9 Å². The number of hydrogen-bond donors (Lipinski definition) is 0. The minimum absolute atomic E-state index is 0.181. The number of hydrogen-bond acceptors (Lipinski definition) is 5. The Labute approximate surface area is 118 Å². The lowest BCUT2D eigenvalue weighted by molar-refractivity contribution is -0.145. The SMILES string of the molecule is COC(=O)CSCCC(=O)OCC1CC=CCC1C. The number of thioether (sulfide) groups is 1. The maximum atomic E-state index is 11.5. The Kier molecular flexibility index (Phi) is 7.63. The summed E-state index contributed by atoms with van der Waals surface area (Å²) < 4.78 is 9.80. The number of rotatable bonds is 7. The molecule has 19 heavy (non-hydrogen) atoms. The van der Waals surface area contributed by atoms with Crippen LogP contribution in [-0.4, -0.2) is 37.2 Å². The molecule has 0 aromatic carbocycles. The highest BCUT2D eigenvalue weighted by molar-refractivity contribution is 7.99. The van der Waals surface area contributed by atoms with Crippen molar-refractivity contribution in [3.63, 3.8) is 0 Å². The van der Waals surface area contributed by atoms with Crippen molar-refractivity contribution in [3.05, 3.63) is 12.2 Å². The standard InChI is InChI=1S/C14H22O4S/c1-11-5-3-4-6-12(11)9-18-13(15)7-8-19-10-14(16)17-2/h3-4,11-12H,5-10H2,1-2H3. The maximum absolute atomic E-state index is 11.5. The molecule has 0 fully saturated rings. The molecule has 1 aliphatic carbocycles. The Hall–Kier alpha value is -0.970. The first-order valence-corrected chi connectivity index (χ1v) is 7.74. The van der Waals surface area contributed by atoms with Crippen LogP contribution in [0.15, 0.2) is 12.2 Å². The van der Waals surface area contributed by atoms with Crippen LogP contribution in [0.1, 0.15) is 26.2 Å². The van der Waals surface area contributed by atoms with Crippen molar-refractivity contribution in [1.82, 2.24) is 0 Å². The van der Waals surface area contributed by atoms with E-state index in [1.807, 2.05) is 0 Å². The van der Waals surface area contributed by atoms with Crippen molar-refractivity contribution >= 4 is 23.7 Å². The van der Waals surface area contributed by atoms with Gasteiger partial charge in [-0.3, -0.25) is 9.59 Å². The average Bonchev–Trinajstić information content (AvgIpc) is 2.42. The summed E-state index contributed by atoms with van der Waals surface area (Å²) in [6, 6.07) is 0. The van der Waals surface area contributed by atoms with Crippen LogP contribution < -0.4 is 0 Å². The summed E-state index contributed by atoms with van der Waals surface area (Å²) in [7, 11) is 1.36. The molecule has 108 valence electrons. The van der Waals surface area contributed by atoms with Crippen LogP contribution >= 0.6 is 11.8 Å². The van der Waals surface area contributed by atoms with Crippen LogP contribution in [0.2, 0.25) is 0 Å². The highest BCUT2D eigenvalue weighted by Crippen LogP contribution is 2.25. The number of methoxy groups -OCH3 is 1. The predicted octanol–water partition coefficient (Wildman–Crippen LogP) is 2.43. The van der Waals surface area contributed by atoms with Gasteiger partial charge in [-0.2, -0.15) is 0 Å². The van der Waals surface area contributed by atoms with Crippen molar-refractivity contribution in [2.75, 3.05) is 25.2 Å². The summed E-state index contributed by atoms with van der Waals surface area (Å²) in [6.07, 6.45) is 6.75. The first kappa shape index (κ1) is 16.1. The molecule has 0 aromatic rings. The van der Waals surface area contributed by atoms with E-state index in [0.717, 1.165) is 12.8 Å². The summed E-state index contributed by atoms with van der Waals surface area (Å²) in [4.78, 5) is 22.4. The van der Waals surface area contributed by atoms with Crippen molar-refractivity contribution in [3.8, 4) is 0 Å². The van der Waals surface area contributed by atoms with E-state index < -0.39 is 0 Å². The lowest BCUT2D eigenvalue weighted by Gasteiger charge is -2.24. The van der Waals surface area contributed by atoms with Gasteiger partial charge in [-0.05, 0) is 24.7 Å². The predicted molar refractivity (Wildman–Crippen MR) is 75.9 cm³/mol. The van der Waals surface area contributed by atoms with Gasteiger partial charge < -0.3 is 9.47 Å². The Bertz CT molecular complexity index is 327. The second kappa shape index (κ2) is 9.02. The van der Waals surface area contributed by atoms with Gasteiger partial charge in [0.1, 0.15) is 0 Å². The normalized spacial score (nSPS) is 22.0. The zero-order chi connectivity index (χ0) is 14.1. The first-order valence-electron chi connectivity index (χ1n) is 6.58. The molecule has 0 heterocycles. The van der Waals surface area contributed by atoms with E-state index in [1.54, 1.807) is 0 Å². The lowest BCUT2D eigenvalue weighted by atomic mass is 9.85. The quantitative estimate of drug-likeness (QED) is 0.409.